The van der Waals surface area contributed by atoms with Crippen LogP contribution in [0.15, 0.2) is 0 Å². The van der Waals surface area contributed by atoms with E-state index >= 15 is 0 Å². The molecule has 1 atom stereocenters. The molecule has 0 aliphatic carbocycles. The van der Waals surface area contributed by atoms with Gasteiger partial charge in [-0.3, -0.25) is 9.69 Å². The lowest BCUT2D eigenvalue weighted by atomic mass is 10.1. The maximum absolute atomic E-state index is 11.6. The summed E-state index contributed by atoms with van der Waals surface area (Å²) in [4.78, 5) is 42.9. The van der Waals surface area contributed by atoms with E-state index in [1.54, 1.807) is 13.8 Å². The first-order valence-corrected chi connectivity index (χ1v) is 6.57. The Morgan fingerprint density at radius 2 is 2.06 bits per heavy atom. The van der Waals surface area contributed by atoms with Crippen LogP contribution in [0.4, 0.5) is 4.79 Å². The molecular weight excluding hydrogens is 235 g/mol. The molecule has 8 heteroatoms. The number of hydrogen-bond acceptors (Lipinski definition) is 4. The van der Waals surface area contributed by atoms with Crippen molar-refractivity contribution in [1.82, 2.24) is 10.2 Å². The van der Waals surface area contributed by atoms with Crippen molar-refractivity contribution in [2.75, 3.05) is 12.7 Å². The maximum Gasteiger partial charge on any atom is 0.325 e. The first-order chi connectivity index (χ1) is 7.13. The number of urea groups is 1. The summed E-state index contributed by atoms with van der Waals surface area (Å²) in [7, 11) is -4.31. The van der Waals surface area contributed by atoms with Gasteiger partial charge in [0.1, 0.15) is 13.1 Å². The SMILES string of the molecule is CC1(C)NC(=O)N(CCCP(=O)([O-])O)C1=O. The van der Waals surface area contributed by atoms with E-state index in [0.717, 1.165) is 4.90 Å². The van der Waals surface area contributed by atoms with Crippen LogP contribution in [0.3, 0.4) is 0 Å². The van der Waals surface area contributed by atoms with Crippen LogP contribution in [-0.2, 0) is 9.36 Å². The third kappa shape index (κ3) is 3.04. The average molecular weight is 249 g/mol. The van der Waals surface area contributed by atoms with Crippen LogP contribution in [0.5, 0.6) is 0 Å². The van der Waals surface area contributed by atoms with Gasteiger partial charge in [0.2, 0.25) is 0 Å². The Labute approximate surface area is 93.0 Å². The Bertz CT molecular complexity index is 361. The van der Waals surface area contributed by atoms with Gasteiger partial charge in [-0.15, -0.1) is 0 Å². The molecule has 0 saturated carbocycles. The summed E-state index contributed by atoms with van der Waals surface area (Å²) >= 11 is 0. The lowest BCUT2D eigenvalue weighted by molar-refractivity contribution is -0.193. The van der Waals surface area contributed by atoms with Crippen molar-refractivity contribution in [2.45, 2.75) is 25.8 Å². The smallest absolute Gasteiger partial charge is 0.325 e. The predicted octanol–water partition coefficient (Wildman–Crippen LogP) is -0.747. The van der Waals surface area contributed by atoms with E-state index < -0.39 is 31.2 Å². The van der Waals surface area contributed by atoms with E-state index in [0.29, 0.717) is 0 Å². The van der Waals surface area contributed by atoms with Gasteiger partial charge in [-0.25, -0.2) is 4.79 Å². The summed E-state index contributed by atoms with van der Waals surface area (Å²) in [5.74, 6) is -0.392. The van der Waals surface area contributed by atoms with E-state index in [4.69, 9.17) is 4.89 Å². The molecule has 0 aromatic carbocycles. The van der Waals surface area contributed by atoms with Gasteiger partial charge in [0, 0.05) is 12.7 Å². The van der Waals surface area contributed by atoms with E-state index in [1.165, 1.54) is 0 Å². The van der Waals surface area contributed by atoms with Crippen molar-refractivity contribution in [2.24, 2.45) is 0 Å². The second-order valence-electron chi connectivity index (χ2n) is 4.23. The van der Waals surface area contributed by atoms with Gasteiger partial charge in [-0.05, 0) is 20.3 Å². The zero-order valence-corrected chi connectivity index (χ0v) is 9.99. The number of carbonyl (C=O) groups excluding carboxylic acids is 2. The molecule has 16 heavy (non-hydrogen) atoms. The highest BCUT2D eigenvalue weighted by Gasteiger charge is 2.43. The van der Waals surface area contributed by atoms with Crippen LogP contribution in [0.25, 0.3) is 0 Å². The Hall–Kier alpha value is -0.910. The second-order valence-corrected chi connectivity index (χ2v) is 5.95. The fourth-order valence-corrected chi connectivity index (χ4v) is 1.99. The third-order valence-corrected chi connectivity index (χ3v) is 3.15. The van der Waals surface area contributed by atoms with Crippen LogP contribution in [0.1, 0.15) is 20.3 Å². The van der Waals surface area contributed by atoms with E-state index in [2.05, 4.69) is 5.32 Å². The Balaban J connectivity index is 2.53. The number of nitrogens with one attached hydrogen (secondary N) is 1. The van der Waals surface area contributed by atoms with Gasteiger partial charge in [-0.2, -0.15) is 0 Å². The zero-order valence-electron chi connectivity index (χ0n) is 9.10. The standard InChI is InChI=1S/C8H15N2O5P/c1-8(2)6(11)10(7(12)9-8)4-3-5-16(13,14)15/h3-5H2,1-2H3,(H,9,12)(H2,13,14,15)/p-1. The summed E-state index contributed by atoms with van der Waals surface area (Å²) in [5, 5.41) is 2.47. The molecule has 7 nitrogen and oxygen atoms in total. The molecule has 1 fully saturated rings. The van der Waals surface area contributed by atoms with E-state index in [-0.39, 0.29) is 13.0 Å². The number of hydrogen-bond donors (Lipinski definition) is 2. The lowest BCUT2D eigenvalue weighted by Gasteiger charge is -2.18. The minimum Gasteiger partial charge on any atom is -0.779 e. The largest absolute Gasteiger partial charge is 0.779 e. The number of amides is 3. The summed E-state index contributed by atoms with van der Waals surface area (Å²) in [6, 6.07) is -0.534. The van der Waals surface area contributed by atoms with Crippen molar-refractivity contribution in [3.05, 3.63) is 0 Å². The van der Waals surface area contributed by atoms with Gasteiger partial charge >= 0.3 is 6.03 Å². The quantitative estimate of drug-likeness (QED) is 0.503. The van der Waals surface area contributed by atoms with Gasteiger partial charge in [0.05, 0.1) is 0 Å². The first kappa shape index (κ1) is 13.2. The summed E-state index contributed by atoms with van der Waals surface area (Å²) < 4.78 is 10.5. The third-order valence-electron chi connectivity index (χ3n) is 2.27. The second kappa shape index (κ2) is 4.16. The van der Waals surface area contributed by atoms with Crippen LogP contribution in [0, 0.1) is 0 Å². The van der Waals surface area contributed by atoms with Crippen molar-refractivity contribution in [3.8, 4) is 0 Å². The van der Waals surface area contributed by atoms with Crippen LogP contribution < -0.4 is 10.2 Å². The fraction of sp³-hybridized carbons (Fsp3) is 0.750. The van der Waals surface area contributed by atoms with Gasteiger partial charge in [0.25, 0.3) is 5.91 Å². The lowest BCUT2D eigenvalue weighted by Crippen LogP contribution is -2.40. The number of nitrogens with zero attached hydrogens (tertiary/aromatic N) is 1. The Morgan fingerprint density at radius 1 is 1.50 bits per heavy atom. The molecule has 0 radical (unpaired) electrons. The van der Waals surface area contributed by atoms with Crippen molar-refractivity contribution in [1.29, 1.82) is 0 Å². The van der Waals surface area contributed by atoms with Crippen molar-refractivity contribution >= 4 is 19.5 Å². The van der Waals surface area contributed by atoms with Crippen molar-refractivity contribution in [3.63, 3.8) is 0 Å². The van der Waals surface area contributed by atoms with E-state index in [1.807, 2.05) is 0 Å². The monoisotopic (exact) mass is 249 g/mol. The summed E-state index contributed by atoms with van der Waals surface area (Å²) in [5.41, 5.74) is -0.947. The normalized spacial score (nSPS) is 23.1. The van der Waals surface area contributed by atoms with Crippen molar-refractivity contribution < 1.29 is 23.9 Å². The molecule has 1 unspecified atom stereocenters. The Kier molecular flexibility index (Phi) is 3.42. The number of rotatable bonds is 4. The highest BCUT2D eigenvalue weighted by molar-refractivity contribution is 7.50. The molecule has 0 bridgehead atoms. The molecule has 3 amide bonds. The first-order valence-electron chi connectivity index (χ1n) is 4.80. The van der Waals surface area contributed by atoms with Gasteiger partial charge in [0.15, 0.2) is 0 Å². The fourth-order valence-electron chi connectivity index (χ4n) is 1.45. The molecule has 1 aliphatic heterocycles. The molecule has 1 heterocycles. The molecule has 0 aromatic heterocycles. The van der Waals surface area contributed by atoms with Crippen LogP contribution in [-0.4, -0.2) is 40.0 Å². The molecule has 1 aliphatic rings. The van der Waals surface area contributed by atoms with Crippen LogP contribution >= 0.6 is 7.60 Å². The van der Waals surface area contributed by atoms with Crippen LogP contribution in [0.2, 0.25) is 0 Å². The Morgan fingerprint density at radius 3 is 2.44 bits per heavy atom. The topological polar surface area (TPSA) is 110 Å². The molecule has 2 N–H and O–H groups in total. The van der Waals surface area contributed by atoms with Gasteiger partial charge < -0.3 is 19.7 Å². The highest BCUT2D eigenvalue weighted by atomic mass is 31.2. The van der Waals surface area contributed by atoms with Gasteiger partial charge in [-0.1, -0.05) is 0 Å². The summed E-state index contributed by atoms with van der Waals surface area (Å²) in [6.07, 6.45) is -0.406. The minimum atomic E-state index is -4.31. The summed E-state index contributed by atoms with van der Waals surface area (Å²) in [6.45, 7) is 3.12. The number of imide groups is 1. The zero-order chi connectivity index (χ0) is 12.6. The molecule has 1 saturated heterocycles. The molecule has 0 aromatic rings. The molecular formula is C8H14N2O5P-. The minimum absolute atomic E-state index is 0.0130. The molecule has 1 rings (SSSR count). The average Bonchev–Trinajstić information content (AvgIpc) is 2.25. The number of carbonyl (C=O) groups is 2. The predicted molar refractivity (Wildman–Crippen MR) is 53.6 cm³/mol. The highest BCUT2D eigenvalue weighted by Crippen LogP contribution is 2.29. The van der Waals surface area contributed by atoms with E-state index in [9.17, 15) is 19.0 Å². The maximum atomic E-state index is 11.6. The molecule has 92 valence electrons. The molecule has 0 spiro atoms.